The Balaban J connectivity index is 1.94. The van der Waals surface area contributed by atoms with Crippen LogP contribution in [-0.2, 0) is 13.1 Å². The molecule has 0 unspecified atom stereocenters. The largest absolute Gasteiger partial charge is 0.496 e. The lowest BCUT2D eigenvalue weighted by molar-refractivity contribution is 0.407. The fourth-order valence-corrected chi connectivity index (χ4v) is 2.04. The van der Waals surface area contributed by atoms with E-state index in [0.717, 1.165) is 16.9 Å². The molecule has 1 N–H and O–H groups in total. The highest BCUT2D eigenvalue weighted by Crippen LogP contribution is 2.18. The van der Waals surface area contributed by atoms with Gasteiger partial charge in [0.25, 0.3) is 0 Å². The van der Waals surface area contributed by atoms with E-state index in [-0.39, 0.29) is 5.02 Å². The Morgan fingerprint density at radius 2 is 1.95 bits per heavy atom. The second kappa shape index (κ2) is 6.55. The van der Waals surface area contributed by atoms with Gasteiger partial charge in [0, 0.05) is 18.7 Å². The Bertz CT molecular complexity index is 560. The molecule has 2 aromatic carbocycles. The Labute approximate surface area is 117 Å². The van der Waals surface area contributed by atoms with Crippen LogP contribution in [0, 0.1) is 5.82 Å². The summed E-state index contributed by atoms with van der Waals surface area (Å²) in [6.45, 7) is 1.30. The van der Waals surface area contributed by atoms with E-state index >= 15 is 0 Å². The Morgan fingerprint density at radius 1 is 1.16 bits per heavy atom. The van der Waals surface area contributed by atoms with Crippen molar-refractivity contribution < 1.29 is 9.13 Å². The van der Waals surface area contributed by atoms with E-state index in [1.807, 2.05) is 24.3 Å². The van der Waals surface area contributed by atoms with Gasteiger partial charge in [-0.05, 0) is 23.8 Å². The third kappa shape index (κ3) is 3.69. The minimum absolute atomic E-state index is 0.150. The van der Waals surface area contributed by atoms with Crippen molar-refractivity contribution in [2.75, 3.05) is 7.11 Å². The number of nitrogens with one attached hydrogen (secondary N) is 1. The molecule has 2 nitrogen and oxygen atoms in total. The van der Waals surface area contributed by atoms with Crippen molar-refractivity contribution >= 4 is 11.6 Å². The summed E-state index contributed by atoms with van der Waals surface area (Å²) in [5, 5.41) is 3.43. The van der Waals surface area contributed by atoms with E-state index in [2.05, 4.69) is 5.32 Å². The summed E-state index contributed by atoms with van der Waals surface area (Å²) in [6, 6.07) is 12.6. The van der Waals surface area contributed by atoms with Crippen molar-refractivity contribution in [3.63, 3.8) is 0 Å². The van der Waals surface area contributed by atoms with Gasteiger partial charge in [0.1, 0.15) is 11.6 Å². The quantitative estimate of drug-likeness (QED) is 0.899. The van der Waals surface area contributed by atoms with Crippen LogP contribution in [0.15, 0.2) is 42.5 Å². The molecule has 2 aromatic rings. The first-order chi connectivity index (χ1) is 9.20. The fraction of sp³-hybridized carbons (Fsp3) is 0.200. The van der Waals surface area contributed by atoms with E-state index in [9.17, 15) is 4.39 Å². The topological polar surface area (TPSA) is 21.3 Å². The highest BCUT2D eigenvalue weighted by Gasteiger charge is 2.03. The van der Waals surface area contributed by atoms with Crippen molar-refractivity contribution in [1.82, 2.24) is 5.32 Å². The molecule has 0 bridgehead atoms. The SMILES string of the molecule is COc1ccccc1CNCc1ccc(F)c(Cl)c1. The summed E-state index contributed by atoms with van der Waals surface area (Å²) < 4.78 is 18.3. The summed E-state index contributed by atoms with van der Waals surface area (Å²) in [6.07, 6.45) is 0. The highest BCUT2D eigenvalue weighted by atomic mass is 35.5. The number of methoxy groups -OCH3 is 1. The lowest BCUT2D eigenvalue weighted by Gasteiger charge is -2.09. The van der Waals surface area contributed by atoms with E-state index in [4.69, 9.17) is 16.3 Å². The maximum absolute atomic E-state index is 13.0. The molecule has 0 atom stereocenters. The lowest BCUT2D eigenvalue weighted by atomic mass is 10.2. The average molecular weight is 280 g/mol. The van der Waals surface area contributed by atoms with Gasteiger partial charge in [-0.2, -0.15) is 0 Å². The molecule has 100 valence electrons. The summed E-state index contributed by atoms with van der Waals surface area (Å²) in [7, 11) is 1.65. The molecule has 0 amide bonds. The maximum Gasteiger partial charge on any atom is 0.141 e. The van der Waals surface area contributed by atoms with Crippen LogP contribution in [0.4, 0.5) is 4.39 Å². The van der Waals surface area contributed by atoms with Gasteiger partial charge in [-0.1, -0.05) is 35.9 Å². The van der Waals surface area contributed by atoms with Gasteiger partial charge < -0.3 is 10.1 Å². The van der Waals surface area contributed by atoms with E-state index in [0.29, 0.717) is 13.1 Å². The molecule has 0 heterocycles. The standard InChI is InChI=1S/C15H15ClFNO/c1-19-15-5-3-2-4-12(15)10-18-9-11-6-7-14(17)13(16)8-11/h2-8,18H,9-10H2,1H3. The normalized spacial score (nSPS) is 10.5. The molecule has 0 fully saturated rings. The van der Waals surface area contributed by atoms with Crippen molar-refractivity contribution in [2.24, 2.45) is 0 Å². The van der Waals surface area contributed by atoms with Crippen molar-refractivity contribution in [2.45, 2.75) is 13.1 Å². The second-order valence-electron chi connectivity index (χ2n) is 4.16. The zero-order chi connectivity index (χ0) is 13.7. The van der Waals surface area contributed by atoms with Gasteiger partial charge in [-0.3, -0.25) is 0 Å². The van der Waals surface area contributed by atoms with E-state index in [1.165, 1.54) is 6.07 Å². The van der Waals surface area contributed by atoms with Gasteiger partial charge in [0.15, 0.2) is 0 Å². The summed E-state index contributed by atoms with van der Waals surface area (Å²) in [5.74, 6) is 0.460. The van der Waals surface area contributed by atoms with Crippen molar-refractivity contribution in [3.05, 3.63) is 64.4 Å². The molecule has 0 saturated carbocycles. The maximum atomic E-state index is 13.0. The molecule has 0 aliphatic heterocycles. The predicted molar refractivity (Wildman–Crippen MR) is 74.9 cm³/mol. The van der Waals surface area contributed by atoms with E-state index in [1.54, 1.807) is 19.2 Å². The molecular formula is C15H15ClFNO. The number of para-hydroxylation sites is 1. The number of rotatable bonds is 5. The van der Waals surface area contributed by atoms with Gasteiger partial charge in [0.2, 0.25) is 0 Å². The summed E-state index contributed by atoms with van der Waals surface area (Å²) in [5.41, 5.74) is 2.03. The first-order valence-electron chi connectivity index (χ1n) is 5.97. The molecule has 0 saturated heterocycles. The zero-order valence-corrected chi connectivity index (χ0v) is 11.4. The van der Waals surface area contributed by atoms with Crippen LogP contribution in [0.2, 0.25) is 5.02 Å². The molecular weight excluding hydrogens is 265 g/mol. The van der Waals surface area contributed by atoms with Crippen LogP contribution in [0.3, 0.4) is 0 Å². The highest BCUT2D eigenvalue weighted by molar-refractivity contribution is 6.30. The van der Waals surface area contributed by atoms with Crippen LogP contribution < -0.4 is 10.1 Å². The monoisotopic (exact) mass is 279 g/mol. The van der Waals surface area contributed by atoms with Gasteiger partial charge in [-0.15, -0.1) is 0 Å². The van der Waals surface area contributed by atoms with Crippen LogP contribution in [0.25, 0.3) is 0 Å². The molecule has 0 aliphatic rings. The summed E-state index contributed by atoms with van der Waals surface area (Å²) in [4.78, 5) is 0. The number of hydrogen-bond donors (Lipinski definition) is 1. The average Bonchev–Trinajstić information content (AvgIpc) is 2.43. The second-order valence-corrected chi connectivity index (χ2v) is 4.57. The van der Waals surface area contributed by atoms with Gasteiger partial charge in [-0.25, -0.2) is 4.39 Å². The van der Waals surface area contributed by atoms with E-state index < -0.39 is 5.82 Å². The lowest BCUT2D eigenvalue weighted by Crippen LogP contribution is -2.13. The first kappa shape index (κ1) is 13.8. The number of benzene rings is 2. The van der Waals surface area contributed by atoms with Gasteiger partial charge in [0.05, 0.1) is 12.1 Å². The number of ether oxygens (including phenoxy) is 1. The number of hydrogen-bond acceptors (Lipinski definition) is 2. The molecule has 0 spiro atoms. The smallest absolute Gasteiger partial charge is 0.141 e. The van der Waals surface area contributed by atoms with Crippen LogP contribution in [0.1, 0.15) is 11.1 Å². The Morgan fingerprint density at radius 3 is 2.68 bits per heavy atom. The molecule has 0 radical (unpaired) electrons. The summed E-state index contributed by atoms with van der Waals surface area (Å²) >= 11 is 5.73. The third-order valence-electron chi connectivity index (χ3n) is 2.82. The molecule has 2 rings (SSSR count). The zero-order valence-electron chi connectivity index (χ0n) is 10.6. The van der Waals surface area contributed by atoms with Crippen molar-refractivity contribution in [3.8, 4) is 5.75 Å². The molecule has 4 heteroatoms. The minimum atomic E-state index is -0.393. The Hall–Kier alpha value is -1.58. The van der Waals surface area contributed by atoms with Crippen LogP contribution in [0.5, 0.6) is 5.75 Å². The molecule has 19 heavy (non-hydrogen) atoms. The predicted octanol–water partition coefficient (Wildman–Crippen LogP) is 3.78. The first-order valence-corrected chi connectivity index (χ1v) is 6.35. The Kier molecular flexibility index (Phi) is 4.77. The number of halogens is 2. The molecule has 0 aliphatic carbocycles. The minimum Gasteiger partial charge on any atom is -0.496 e. The fourth-order valence-electron chi connectivity index (χ4n) is 1.84. The molecule has 0 aromatic heterocycles. The van der Waals surface area contributed by atoms with Crippen molar-refractivity contribution in [1.29, 1.82) is 0 Å². The third-order valence-corrected chi connectivity index (χ3v) is 3.11. The van der Waals surface area contributed by atoms with Crippen LogP contribution >= 0.6 is 11.6 Å². The van der Waals surface area contributed by atoms with Crippen LogP contribution in [-0.4, -0.2) is 7.11 Å². The van der Waals surface area contributed by atoms with Gasteiger partial charge >= 0.3 is 0 Å².